The number of furan rings is 1. The molecule has 3 rings (SSSR count). The van der Waals surface area contributed by atoms with Crippen molar-refractivity contribution >= 4 is 5.91 Å². The fraction of sp³-hybridized carbons (Fsp3) is 0.364. The molecule has 0 spiro atoms. The van der Waals surface area contributed by atoms with E-state index in [0.717, 1.165) is 11.3 Å². The van der Waals surface area contributed by atoms with Crippen LogP contribution in [0.1, 0.15) is 17.7 Å². The minimum absolute atomic E-state index is 0.0309. The van der Waals surface area contributed by atoms with Crippen molar-refractivity contribution in [3.05, 3.63) is 24.0 Å². The highest BCUT2D eigenvalue weighted by Gasteiger charge is 2.24. The van der Waals surface area contributed by atoms with Crippen LogP contribution in [0.4, 0.5) is 0 Å². The van der Waals surface area contributed by atoms with E-state index < -0.39 is 0 Å². The summed E-state index contributed by atoms with van der Waals surface area (Å²) in [5.41, 5.74) is 0.810. The second-order valence-electron chi connectivity index (χ2n) is 4.08. The molecule has 1 fully saturated rings. The standard InChI is InChI=1S/C11H12N4O3/c1-6-7(2-3-17-6)10-14-11(18-15-10)8-4-13-9(16)5-12-8/h2-3,8,12H,4-5H2,1H3,(H,13,16). The molecule has 0 bridgehead atoms. The number of carbonyl (C=O) groups is 1. The molecule has 94 valence electrons. The topological polar surface area (TPSA) is 93.2 Å². The molecule has 7 nitrogen and oxygen atoms in total. The number of nitrogens with zero attached hydrogens (tertiary/aromatic N) is 2. The molecular formula is C11H12N4O3. The van der Waals surface area contributed by atoms with Crippen LogP contribution in [0, 0.1) is 6.92 Å². The molecule has 2 aromatic rings. The molecule has 2 N–H and O–H groups in total. The van der Waals surface area contributed by atoms with Crippen molar-refractivity contribution in [3.8, 4) is 11.4 Å². The summed E-state index contributed by atoms with van der Waals surface area (Å²) >= 11 is 0. The van der Waals surface area contributed by atoms with E-state index in [0.29, 0.717) is 18.3 Å². The molecule has 7 heteroatoms. The first kappa shape index (κ1) is 11.0. The largest absolute Gasteiger partial charge is 0.469 e. The Labute approximate surface area is 103 Å². The minimum Gasteiger partial charge on any atom is -0.469 e. The molecule has 2 aromatic heterocycles. The number of piperazine rings is 1. The summed E-state index contributed by atoms with van der Waals surface area (Å²) in [6.07, 6.45) is 1.58. The van der Waals surface area contributed by atoms with Crippen molar-refractivity contribution < 1.29 is 13.7 Å². The molecular weight excluding hydrogens is 236 g/mol. The highest BCUT2D eigenvalue weighted by atomic mass is 16.5. The van der Waals surface area contributed by atoms with Gasteiger partial charge >= 0.3 is 0 Å². The van der Waals surface area contributed by atoms with Gasteiger partial charge in [0.25, 0.3) is 0 Å². The fourth-order valence-corrected chi connectivity index (χ4v) is 1.84. The molecule has 1 unspecified atom stereocenters. The van der Waals surface area contributed by atoms with Gasteiger partial charge in [-0.3, -0.25) is 10.1 Å². The number of nitrogens with one attached hydrogen (secondary N) is 2. The van der Waals surface area contributed by atoms with Crippen molar-refractivity contribution in [2.24, 2.45) is 0 Å². The summed E-state index contributed by atoms with van der Waals surface area (Å²) in [6, 6.07) is 1.65. The van der Waals surface area contributed by atoms with Crippen molar-refractivity contribution in [2.75, 3.05) is 13.1 Å². The highest BCUT2D eigenvalue weighted by Crippen LogP contribution is 2.23. The molecule has 0 saturated carbocycles. The van der Waals surface area contributed by atoms with Gasteiger partial charge in [-0.2, -0.15) is 4.98 Å². The number of hydrogen-bond donors (Lipinski definition) is 2. The zero-order valence-corrected chi connectivity index (χ0v) is 9.77. The van der Waals surface area contributed by atoms with Crippen molar-refractivity contribution in [1.29, 1.82) is 0 Å². The van der Waals surface area contributed by atoms with Crippen LogP contribution in [0.15, 0.2) is 21.3 Å². The molecule has 1 saturated heterocycles. The number of rotatable bonds is 2. The summed E-state index contributed by atoms with van der Waals surface area (Å²) in [4.78, 5) is 15.3. The van der Waals surface area contributed by atoms with Crippen LogP contribution >= 0.6 is 0 Å². The van der Waals surface area contributed by atoms with Gasteiger partial charge in [0.1, 0.15) is 11.8 Å². The zero-order valence-electron chi connectivity index (χ0n) is 9.77. The first-order valence-corrected chi connectivity index (χ1v) is 5.62. The van der Waals surface area contributed by atoms with E-state index in [-0.39, 0.29) is 18.5 Å². The Morgan fingerprint density at radius 1 is 1.50 bits per heavy atom. The molecule has 0 aromatic carbocycles. The lowest BCUT2D eigenvalue weighted by Gasteiger charge is -2.20. The van der Waals surface area contributed by atoms with E-state index in [9.17, 15) is 4.79 Å². The summed E-state index contributed by atoms with van der Waals surface area (Å²) in [5, 5.41) is 9.68. The molecule has 3 heterocycles. The third-order valence-corrected chi connectivity index (χ3v) is 2.85. The van der Waals surface area contributed by atoms with E-state index in [4.69, 9.17) is 8.94 Å². The van der Waals surface area contributed by atoms with Gasteiger partial charge in [-0.1, -0.05) is 5.16 Å². The van der Waals surface area contributed by atoms with Crippen LogP contribution in [-0.2, 0) is 4.79 Å². The Hall–Kier alpha value is -2.15. The highest BCUT2D eigenvalue weighted by molar-refractivity contribution is 5.78. The maximum atomic E-state index is 11.0. The van der Waals surface area contributed by atoms with E-state index in [1.54, 1.807) is 12.3 Å². The van der Waals surface area contributed by atoms with Gasteiger partial charge in [0.05, 0.1) is 18.4 Å². The second kappa shape index (κ2) is 4.26. The van der Waals surface area contributed by atoms with Gasteiger partial charge in [-0.25, -0.2) is 0 Å². The predicted octanol–water partition coefficient (Wildman–Crippen LogP) is 0.399. The average molecular weight is 248 g/mol. The summed E-state index contributed by atoms with van der Waals surface area (Å²) in [7, 11) is 0. The summed E-state index contributed by atoms with van der Waals surface area (Å²) < 4.78 is 10.4. The number of carbonyl (C=O) groups excluding carboxylic acids is 1. The van der Waals surface area contributed by atoms with Gasteiger partial charge in [0.15, 0.2) is 0 Å². The monoisotopic (exact) mass is 248 g/mol. The van der Waals surface area contributed by atoms with Gasteiger partial charge in [0.2, 0.25) is 17.6 Å². The van der Waals surface area contributed by atoms with Crippen LogP contribution in [-0.4, -0.2) is 29.1 Å². The summed E-state index contributed by atoms with van der Waals surface area (Å²) in [5.74, 6) is 1.67. The molecule has 1 aliphatic heterocycles. The molecule has 0 radical (unpaired) electrons. The summed E-state index contributed by atoms with van der Waals surface area (Å²) in [6.45, 7) is 2.54. The maximum Gasteiger partial charge on any atom is 0.245 e. The van der Waals surface area contributed by atoms with Crippen molar-refractivity contribution in [1.82, 2.24) is 20.8 Å². The normalized spacial score (nSPS) is 19.8. The van der Waals surface area contributed by atoms with Crippen LogP contribution in [0.5, 0.6) is 0 Å². The molecule has 0 aliphatic carbocycles. The second-order valence-corrected chi connectivity index (χ2v) is 4.08. The van der Waals surface area contributed by atoms with Crippen LogP contribution in [0.2, 0.25) is 0 Å². The Bertz CT molecular complexity index is 564. The lowest BCUT2D eigenvalue weighted by molar-refractivity contribution is -0.121. The molecule has 1 amide bonds. The van der Waals surface area contributed by atoms with Crippen molar-refractivity contribution in [2.45, 2.75) is 13.0 Å². The van der Waals surface area contributed by atoms with Gasteiger partial charge < -0.3 is 14.3 Å². The maximum absolute atomic E-state index is 11.0. The third kappa shape index (κ3) is 1.88. The number of amides is 1. The molecule has 1 aliphatic rings. The van der Waals surface area contributed by atoms with Gasteiger partial charge in [-0.15, -0.1) is 0 Å². The average Bonchev–Trinajstić information content (AvgIpc) is 2.98. The van der Waals surface area contributed by atoms with E-state index in [1.165, 1.54) is 0 Å². The first-order valence-electron chi connectivity index (χ1n) is 5.62. The van der Waals surface area contributed by atoms with Gasteiger partial charge in [-0.05, 0) is 13.0 Å². The molecule has 1 atom stereocenters. The van der Waals surface area contributed by atoms with E-state index in [2.05, 4.69) is 20.8 Å². The minimum atomic E-state index is -0.142. The lowest BCUT2D eigenvalue weighted by Crippen LogP contribution is -2.47. The van der Waals surface area contributed by atoms with Crippen LogP contribution in [0.25, 0.3) is 11.4 Å². The third-order valence-electron chi connectivity index (χ3n) is 2.85. The lowest BCUT2D eigenvalue weighted by atomic mass is 10.2. The Morgan fingerprint density at radius 2 is 2.39 bits per heavy atom. The Kier molecular flexibility index (Phi) is 2.60. The van der Waals surface area contributed by atoms with Crippen molar-refractivity contribution in [3.63, 3.8) is 0 Å². The number of hydrogen-bond acceptors (Lipinski definition) is 6. The number of aryl methyl sites for hydroxylation is 1. The SMILES string of the molecule is Cc1occc1-c1noc(C2CNC(=O)CN2)n1. The van der Waals surface area contributed by atoms with E-state index in [1.807, 2.05) is 6.92 Å². The predicted molar refractivity (Wildman–Crippen MR) is 60.5 cm³/mol. The number of aromatic nitrogens is 2. The fourth-order valence-electron chi connectivity index (χ4n) is 1.84. The quantitative estimate of drug-likeness (QED) is 0.799. The Balaban J connectivity index is 1.82. The van der Waals surface area contributed by atoms with Crippen LogP contribution < -0.4 is 10.6 Å². The smallest absolute Gasteiger partial charge is 0.245 e. The van der Waals surface area contributed by atoms with Gasteiger partial charge in [0, 0.05) is 6.54 Å². The Morgan fingerprint density at radius 3 is 3.06 bits per heavy atom. The first-order chi connectivity index (χ1) is 8.74. The van der Waals surface area contributed by atoms with E-state index >= 15 is 0 Å². The van der Waals surface area contributed by atoms with Crippen LogP contribution in [0.3, 0.4) is 0 Å². The molecule has 18 heavy (non-hydrogen) atoms. The zero-order chi connectivity index (χ0) is 12.5.